The minimum absolute atomic E-state index is 0. The number of nitro groups is 6. The van der Waals surface area contributed by atoms with Crippen molar-refractivity contribution in [1.82, 2.24) is 14.8 Å². The van der Waals surface area contributed by atoms with Crippen molar-refractivity contribution in [3.63, 3.8) is 0 Å². The Morgan fingerprint density at radius 2 is 0.845 bits per heavy atom. The molecule has 0 atom stereocenters. The first-order valence-electron chi connectivity index (χ1n) is 24.1. The van der Waals surface area contributed by atoms with Crippen LogP contribution in [-0.2, 0) is 9.47 Å². The van der Waals surface area contributed by atoms with Crippen LogP contribution in [0.15, 0.2) is 116 Å². The molecule has 3 N–H and O–H groups in total. The minimum atomic E-state index is -1.07. The number of halogens is 1. The number of H-pyrrole nitrogens is 1. The standard InChI is InChI=1S/C11H13N3O4.C9H10N2.C8H8N2O4.2C8H10.C7H5FN2O4.C5H13NO2.3CH4/c1-8-6-9(4-5-12(2)3)11(14(17)18)7-10(8)13(15)16;1-6-4-7-2-3-11-9(7)5-8(6)10;1-5-3-6(2)8(10(13)14)4-7(5)9(11)12;2*1-7-4-3-5-8(2)6-7;1-4-2-5(8)7(10(13)14)3-6(4)9(11)12;1-6(2)5(7-3)8-4;;;/h4-7H,1-3H3;2-5,11H,10H2,1H3;3-4H,1-2H3;2*3-6H,1-2H3;2-3H,1H3;5H,1-4H3;3*1H4/b5-4+;;;;;;;;;. The average molecular weight is 1170 g/mol. The molecule has 24 nitrogen and oxygen atoms in total. The van der Waals surface area contributed by atoms with E-state index in [2.05, 4.69) is 87.3 Å². The molecule has 0 aliphatic carbocycles. The van der Waals surface area contributed by atoms with Gasteiger partial charge in [-0.25, -0.2) is 0 Å². The predicted octanol–water partition coefficient (Wildman–Crippen LogP) is 15.1. The highest BCUT2D eigenvalue weighted by atomic mass is 19.1. The summed E-state index contributed by atoms with van der Waals surface area (Å²) in [5.41, 5.74) is 13.5. The van der Waals surface area contributed by atoms with Crippen LogP contribution < -0.4 is 5.73 Å². The third-order valence-electron chi connectivity index (χ3n) is 11.0. The molecule has 0 spiro atoms. The molecule has 458 valence electrons. The number of aryl methyl sites for hydroxylation is 9. The second-order valence-electron chi connectivity index (χ2n) is 18.4. The van der Waals surface area contributed by atoms with Gasteiger partial charge in [0, 0.05) is 68.0 Å². The van der Waals surface area contributed by atoms with Gasteiger partial charge in [-0.1, -0.05) is 93.1 Å². The fourth-order valence-corrected chi connectivity index (χ4v) is 7.00. The van der Waals surface area contributed by atoms with Crippen molar-refractivity contribution in [1.29, 1.82) is 0 Å². The highest BCUT2D eigenvalue weighted by molar-refractivity contribution is 5.84. The van der Waals surface area contributed by atoms with Crippen LogP contribution in [0.1, 0.15) is 77.9 Å². The molecule has 25 heteroatoms. The van der Waals surface area contributed by atoms with Gasteiger partial charge in [-0.05, 0) is 136 Å². The van der Waals surface area contributed by atoms with Crippen LogP contribution in [0.5, 0.6) is 0 Å². The Balaban J connectivity index is -0.000000923. The maximum Gasteiger partial charge on any atom is 0.311 e. The summed E-state index contributed by atoms with van der Waals surface area (Å²) in [7, 11) is 10.5. The number of hydrogen-bond acceptors (Lipinski definition) is 17. The van der Waals surface area contributed by atoms with E-state index in [4.69, 9.17) is 15.2 Å². The van der Waals surface area contributed by atoms with Crippen LogP contribution in [0, 0.1) is 129 Å². The molecule has 0 aliphatic heterocycles. The first kappa shape index (κ1) is 78.6. The number of rotatable bonds is 11. The molecule has 0 saturated carbocycles. The number of fused-ring (bicyclic) bond motifs is 1. The topological polar surface area (TPSA) is 326 Å². The lowest BCUT2D eigenvalue weighted by Crippen LogP contribution is -2.30. The predicted molar refractivity (Wildman–Crippen MR) is 332 cm³/mol. The van der Waals surface area contributed by atoms with E-state index in [0.717, 1.165) is 35.0 Å². The smallest absolute Gasteiger partial charge is 0.311 e. The zero-order chi connectivity index (χ0) is 62.0. The van der Waals surface area contributed by atoms with E-state index in [9.17, 15) is 65.1 Å². The summed E-state index contributed by atoms with van der Waals surface area (Å²) in [6.45, 7) is 16.4. The Hall–Kier alpha value is -9.59. The molecule has 84 heavy (non-hydrogen) atoms. The van der Waals surface area contributed by atoms with Gasteiger partial charge in [0.25, 0.3) is 28.4 Å². The number of anilines is 1. The van der Waals surface area contributed by atoms with E-state index in [-0.39, 0.29) is 57.0 Å². The lowest BCUT2D eigenvalue weighted by atomic mass is 10.1. The molecule has 0 bridgehead atoms. The summed E-state index contributed by atoms with van der Waals surface area (Å²) in [6.07, 6.45) is 4.90. The molecule has 1 heterocycles. The SMILES string of the molecule is C.C.C.COC(OC)N(C)C.Cc1cc(/C=C/N(C)C)c([N+](=O)[O-])cc1[N+](=O)[O-].Cc1cc(C)c([N+](=O)[O-])cc1[N+](=O)[O-].Cc1cc(F)c([N+](=O)[O-])cc1[N+](=O)[O-].Cc1cc2cc[nH]c2cc1N.Cc1cccc(C)c1.Cc1cccc(C)c1. The van der Waals surface area contributed by atoms with Crippen LogP contribution in [0.25, 0.3) is 17.0 Å². The van der Waals surface area contributed by atoms with Crippen LogP contribution >= 0.6 is 0 Å². The maximum atomic E-state index is 12.9. The third-order valence-corrected chi connectivity index (χ3v) is 11.0. The highest BCUT2D eigenvalue weighted by Gasteiger charge is 2.23. The Morgan fingerprint density at radius 1 is 0.488 bits per heavy atom. The van der Waals surface area contributed by atoms with Gasteiger partial charge < -0.3 is 25.1 Å². The van der Waals surface area contributed by atoms with Crippen LogP contribution in [0.3, 0.4) is 0 Å². The van der Waals surface area contributed by atoms with Gasteiger partial charge in [-0.3, -0.25) is 65.6 Å². The molecular formula is C59H81FN10O14. The molecule has 0 fully saturated rings. The minimum Gasteiger partial charge on any atom is -0.398 e. The van der Waals surface area contributed by atoms with Gasteiger partial charge in [-0.15, -0.1) is 0 Å². The van der Waals surface area contributed by atoms with E-state index in [1.807, 2.05) is 44.2 Å². The van der Waals surface area contributed by atoms with Gasteiger partial charge in [0.2, 0.25) is 12.2 Å². The van der Waals surface area contributed by atoms with Crippen molar-refractivity contribution in [2.75, 3.05) is 48.1 Å². The van der Waals surface area contributed by atoms with Crippen molar-refractivity contribution in [2.45, 2.75) is 91.0 Å². The number of nitrogens with zero attached hydrogens (tertiary/aromatic N) is 8. The van der Waals surface area contributed by atoms with Crippen molar-refractivity contribution < 1.29 is 43.4 Å². The summed E-state index contributed by atoms with van der Waals surface area (Å²) in [5, 5.41) is 64.4. The quantitative estimate of drug-likeness (QED) is 0.0526. The summed E-state index contributed by atoms with van der Waals surface area (Å²) < 4.78 is 22.6. The molecule has 0 amide bonds. The zero-order valence-corrected chi connectivity index (χ0v) is 47.9. The van der Waals surface area contributed by atoms with Crippen LogP contribution in [-0.4, -0.2) is 93.1 Å². The van der Waals surface area contributed by atoms with Gasteiger partial charge in [0.05, 0.1) is 53.3 Å². The summed E-state index contributed by atoms with van der Waals surface area (Å²) in [4.78, 5) is 65.6. The summed E-state index contributed by atoms with van der Waals surface area (Å²) in [6, 6.07) is 29.2. The number of aromatic nitrogens is 1. The van der Waals surface area contributed by atoms with E-state index >= 15 is 0 Å². The fourth-order valence-electron chi connectivity index (χ4n) is 7.00. The van der Waals surface area contributed by atoms with Gasteiger partial charge in [0.15, 0.2) is 0 Å². The zero-order valence-electron chi connectivity index (χ0n) is 47.9. The molecule has 0 saturated heterocycles. The Morgan fingerprint density at radius 3 is 1.17 bits per heavy atom. The molecule has 7 aromatic rings. The van der Waals surface area contributed by atoms with Crippen molar-refractivity contribution in [3.05, 3.63) is 238 Å². The van der Waals surface area contributed by atoms with Crippen molar-refractivity contribution in [2.24, 2.45) is 0 Å². The molecule has 6 aromatic carbocycles. The number of nitro benzene ring substituents is 6. The van der Waals surface area contributed by atoms with E-state index in [1.54, 1.807) is 66.3 Å². The first-order valence-corrected chi connectivity index (χ1v) is 24.1. The number of ether oxygens (including phenoxy) is 2. The van der Waals surface area contributed by atoms with E-state index in [1.165, 1.54) is 46.7 Å². The number of nitrogens with one attached hydrogen (secondary N) is 1. The van der Waals surface area contributed by atoms with E-state index < -0.39 is 46.7 Å². The lowest BCUT2D eigenvalue weighted by molar-refractivity contribution is -0.396. The maximum absolute atomic E-state index is 12.9. The van der Waals surface area contributed by atoms with Crippen molar-refractivity contribution >= 4 is 56.8 Å². The summed E-state index contributed by atoms with van der Waals surface area (Å²) >= 11 is 0. The first-order chi connectivity index (χ1) is 37.8. The highest BCUT2D eigenvalue weighted by Crippen LogP contribution is 2.31. The summed E-state index contributed by atoms with van der Waals surface area (Å²) in [5.74, 6) is -1.07. The Kier molecular flexibility index (Phi) is 35.7. The average Bonchev–Trinajstić information content (AvgIpc) is 3.92. The number of benzene rings is 6. The largest absolute Gasteiger partial charge is 0.398 e. The molecule has 0 radical (unpaired) electrons. The van der Waals surface area contributed by atoms with Gasteiger partial charge >= 0.3 is 5.69 Å². The Bertz CT molecular complexity index is 3060. The molecule has 0 unspecified atom stereocenters. The number of nitrogens with two attached hydrogens (primary N) is 1. The molecular weight excluding hydrogens is 1090 g/mol. The third kappa shape index (κ3) is 26.8. The molecule has 7 rings (SSSR count). The van der Waals surface area contributed by atoms with Crippen LogP contribution in [0.2, 0.25) is 0 Å². The van der Waals surface area contributed by atoms with Gasteiger partial charge in [0.1, 0.15) is 0 Å². The molecule has 1 aromatic heterocycles. The Labute approximate surface area is 490 Å². The number of hydrogen-bond donors (Lipinski definition) is 2. The normalized spacial score (nSPS) is 9.79. The van der Waals surface area contributed by atoms with Crippen LogP contribution in [0.4, 0.5) is 44.2 Å². The second kappa shape index (κ2) is 38.2. The van der Waals surface area contributed by atoms with E-state index in [0.29, 0.717) is 28.3 Å². The lowest BCUT2D eigenvalue weighted by Gasteiger charge is -2.19. The molecule has 0 aliphatic rings. The number of aromatic amines is 1. The number of methoxy groups -OCH3 is 2. The fraction of sp³-hybridized carbons (Fsp3) is 0.322. The van der Waals surface area contributed by atoms with Gasteiger partial charge in [-0.2, -0.15) is 4.39 Å². The van der Waals surface area contributed by atoms with Crippen molar-refractivity contribution in [3.8, 4) is 0 Å². The number of nitrogen functional groups attached to an aromatic ring is 1. The second-order valence-corrected chi connectivity index (χ2v) is 18.4. The monoisotopic (exact) mass is 1170 g/mol.